The number of aliphatic hydroxyl groups is 1. The normalized spacial score (nSPS) is 16.7. The molecule has 27 heavy (non-hydrogen) atoms. The number of carbonyl (C=O) groups excluding carboxylic acids is 1. The van der Waals surface area contributed by atoms with Crippen molar-refractivity contribution >= 4 is 16.8 Å². The van der Waals surface area contributed by atoms with Gasteiger partial charge in [-0.2, -0.15) is 0 Å². The van der Waals surface area contributed by atoms with Crippen molar-refractivity contribution in [2.45, 2.75) is 31.8 Å². The fourth-order valence-corrected chi connectivity index (χ4v) is 4.08. The van der Waals surface area contributed by atoms with Gasteiger partial charge in [0.05, 0.1) is 0 Å². The summed E-state index contributed by atoms with van der Waals surface area (Å²) in [6.45, 7) is 1.41. The largest absolute Gasteiger partial charge is 0.385 e. The summed E-state index contributed by atoms with van der Waals surface area (Å²) in [5.41, 5.74) is 2.31. The Morgan fingerprint density at radius 1 is 1.33 bits per heavy atom. The number of nitrogens with zero attached hydrogens (tertiary/aromatic N) is 3. The van der Waals surface area contributed by atoms with Gasteiger partial charge in [-0.1, -0.05) is 18.2 Å². The number of hydrogen-bond donors (Lipinski definition) is 2. The highest BCUT2D eigenvalue weighted by Gasteiger charge is 2.29. The van der Waals surface area contributed by atoms with Crippen LogP contribution in [0.2, 0.25) is 0 Å². The van der Waals surface area contributed by atoms with Crippen LogP contribution in [0.15, 0.2) is 42.9 Å². The van der Waals surface area contributed by atoms with Crippen molar-refractivity contribution in [2.75, 3.05) is 13.1 Å². The van der Waals surface area contributed by atoms with Gasteiger partial charge >= 0.3 is 0 Å². The number of fused-ring (bicyclic) bond motifs is 1. The number of benzene rings is 1. The predicted octanol–water partition coefficient (Wildman–Crippen LogP) is 2.81. The van der Waals surface area contributed by atoms with Crippen LogP contribution in [-0.2, 0) is 18.3 Å². The lowest BCUT2D eigenvalue weighted by Gasteiger charge is -2.34. The molecule has 2 aromatic heterocycles. The van der Waals surface area contributed by atoms with Gasteiger partial charge in [0.2, 0.25) is 5.91 Å². The number of rotatable bonds is 5. The monoisotopic (exact) mass is 366 g/mol. The maximum absolute atomic E-state index is 12.6. The van der Waals surface area contributed by atoms with Crippen molar-refractivity contribution in [3.8, 4) is 0 Å². The minimum Gasteiger partial charge on any atom is -0.385 e. The molecule has 2 N–H and O–H groups in total. The number of carbonyl (C=O) groups is 1. The zero-order valence-corrected chi connectivity index (χ0v) is 15.6. The lowest BCUT2D eigenvalue weighted by Crippen LogP contribution is -2.40. The molecule has 1 amide bonds. The smallest absolute Gasteiger partial charge is 0.222 e. The van der Waals surface area contributed by atoms with Crippen LogP contribution in [-0.4, -0.2) is 43.5 Å². The van der Waals surface area contributed by atoms with Gasteiger partial charge in [-0.05, 0) is 36.8 Å². The number of para-hydroxylation sites is 1. The van der Waals surface area contributed by atoms with Gasteiger partial charge < -0.3 is 19.6 Å². The lowest BCUT2D eigenvalue weighted by atomic mass is 9.90. The Kier molecular flexibility index (Phi) is 4.99. The molecule has 1 aromatic carbocycles. The predicted molar refractivity (Wildman–Crippen MR) is 104 cm³/mol. The summed E-state index contributed by atoms with van der Waals surface area (Å²) in [6.07, 6.45) is 7.90. The Hall–Kier alpha value is -2.60. The molecule has 0 spiro atoms. The van der Waals surface area contributed by atoms with E-state index in [1.807, 2.05) is 41.0 Å². The number of amides is 1. The molecule has 6 nitrogen and oxygen atoms in total. The van der Waals surface area contributed by atoms with Crippen molar-refractivity contribution in [3.63, 3.8) is 0 Å². The molecule has 0 radical (unpaired) electrons. The zero-order chi connectivity index (χ0) is 18.8. The first-order chi connectivity index (χ1) is 13.1. The number of aryl methyl sites for hydroxylation is 2. The summed E-state index contributed by atoms with van der Waals surface area (Å²) in [5.74, 6) is 1.06. The topological polar surface area (TPSA) is 74.2 Å². The molecule has 3 aromatic rings. The van der Waals surface area contributed by atoms with Gasteiger partial charge in [-0.3, -0.25) is 4.79 Å². The summed E-state index contributed by atoms with van der Waals surface area (Å²) in [4.78, 5) is 22.1. The summed E-state index contributed by atoms with van der Waals surface area (Å²) >= 11 is 0. The van der Waals surface area contributed by atoms with Crippen LogP contribution in [0.1, 0.15) is 36.8 Å². The molecule has 1 saturated heterocycles. The zero-order valence-electron chi connectivity index (χ0n) is 15.6. The van der Waals surface area contributed by atoms with Crippen LogP contribution in [0.25, 0.3) is 10.9 Å². The fourth-order valence-electron chi connectivity index (χ4n) is 4.08. The highest BCUT2D eigenvalue weighted by atomic mass is 16.3. The van der Waals surface area contributed by atoms with Crippen molar-refractivity contribution in [1.82, 2.24) is 19.4 Å². The molecule has 0 aliphatic carbocycles. The fraction of sp³-hybridized carbons (Fsp3) is 0.429. The van der Waals surface area contributed by atoms with E-state index in [2.05, 4.69) is 22.1 Å². The Labute approximate surface area is 158 Å². The first-order valence-electron chi connectivity index (χ1n) is 9.61. The van der Waals surface area contributed by atoms with E-state index in [9.17, 15) is 9.90 Å². The van der Waals surface area contributed by atoms with Gasteiger partial charge in [-0.25, -0.2) is 4.98 Å². The second-order valence-electron chi connectivity index (χ2n) is 7.42. The standard InChI is InChI=1S/C21H26N4O2/c1-24-13-10-22-21(24)20(27)15-8-11-25(12-9-15)19(26)7-6-16-14-23-18-5-3-2-4-17(16)18/h2-5,10,13-15,20,23,27H,6-9,11-12H2,1H3/t20-/m1/s1. The molecule has 1 atom stereocenters. The molecule has 0 bridgehead atoms. The van der Waals surface area contributed by atoms with Crippen LogP contribution in [0.5, 0.6) is 0 Å². The Balaban J connectivity index is 1.30. The number of aliphatic hydroxyl groups excluding tert-OH is 1. The Morgan fingerprint density at radius 2 is 2.11 bits per heavy atom. The summed E-state index contributed by atoms with van der Waals surface area (Å²) < 4.78 is 1.86. The van der Waals surface area contributed by atoms with Gasteiger partial charge in [0, 0.05) is 56.1 Å². The molecule has 4 rings (SSSR count). The molecule has 0 saturated carbocycles. The quantitative estimate of drug-likeness (QED) is 0.729. The van der Waals surface area contributed by atoms with Crippen LogP contribution < -0.4 is 0 Å². The van der Waals surface area contributed by atoms with Gasteiger partial charge in [0.1, 0.15) is 11.9 Å². The number of H-pyrrole nitrogens is 1. The highest BCUT2D eigenvalue weighted by Crippen LogP contribution is 2.30. The Morgan fingerprint density at radius 3 is 2.85 bits per heavy atom. The molecule has 0 unspecified atom stereocenters. The number of aromatic nitrogens is 3. The van der Waals surface area contributed by atoms with Gasteiger partial charge in [0.25, 0.3) is 0 Å². The summed E-state index contributed by atoms with van der Waals surface area (Å²) in [5, 5.41) is 11.8. The highest BCUT2D eigenvalue weighted by molar-refractivity contribution is 5.84. The molecule has 1 aliphatic rings. The third-order valence-corrected chi connectivity index (χ3v) is 5.74. The van der Waals surface area contributed by atoms with Crippen LogP contribution in [0, 0.1) is 5.92 Å². The third kappa shape index (κ3) is 3.62. The maximum Gasteiger partial charge on any atom is 0.222 e. The summed E-state index contributed by atoms with van der Waals surface area (Å²) in [7, 11) is 1.90. The van der Waals surface area contributed by atoms with Gasteiger partial charge in [0.15, 0.2) is 0 Å². The van der Waals surface area contributed by atoms with Crippen LogP contribution in [0.4, 0.5) is 0 Å². The van der Waals surface area contributed by atoms with E-state index in [0.29, 0.717) is 25.3 Å². The van der Waals surface area contributed by atoms with E-state index in [0.717, 1.165) is 24.8 Å². The Bertz CT molecular complexity index is 921. The van der Waals surface area contributed by atoms with E-state index in [1.54, 1.807) is 6.20 Å². The number of nitrogens with one attached hydrogen (secondary N) is 1. The number of likely N-dealkylation sites (tertiary alicyclic amines) is 1. The number of hydrogen-bond acceptors (Lipinski definition) is 3. The summed E-state index contributed by atoms with van der Waals surface area (Å²) in [6, 6.07) is 8.19. The van der Waals surface area contributed by atoms with Gasteiger partial charge in [-0.15, -0.1) is 0 Å². The first kappa shape index (κ1) is 17.8. The minimum absolute atomic E-state index is 0.156. The SMILES string of the molecule is Cn1ccnc1[C@H](O)C1CCN(C(=O)CCc2c[nH]c3ccccc23)CC1. The second-order valence-corrected chi connectivity index (χ2v) is 7.42. The van der Waals surface area contributed by atoms with E-state index < -0.39 is 6.10 Å². The van der Waals surface area contributed by atoms with Crippen molar-refractivity contribution in [2.24, 2.45) is 13.0 Å². The average molecular weight is 366 g/mol. The lowest BCUT2D eigenvalue weighted by molar-refractivity contribution is -0.133. The van der Waals surface area contributed by atoms with E-state index in [-0.39, 0.29) is 11.8 Å². The van der Waals surface area contributed by atoms with Crippen molar-refractivity contribution < 1.29 is 9.90 Å². The van der Waals surface area contributed by atoms with Crippen LogP contribution >= 0.6 is 0 Å². The van der Waals surface area contributed by atoms with Crippen molar-refractivity contribution in [1.29, 1.82) is 0 Å². The average Bonchev–Trinajstić information content (AvgIpc) is 3.32. The van der Waals surface area contributed by atoms with Crippen molar-refractivity contribution in [3.05, 3.63) is 54.2 Å². The minimum atomic E-state index is -0.562. The molecule has 1 fully saturated rings. The molecule has 142 valence electrons. The second kappa shape index (κ2) is 7.56. The first-order valence-corrected chi connectivity index (χ1v) is 9.61. The number of imidazole rings is 1. The molecule has 3 heterocycles. The van der Waals surface area contributed by atoms with E-state index in [4.69, 9.17) is 0 Å². The third-order valence-electron chi connectivity index (χ3n) is 5.74. The molecular weight excluding hydrogens is 340 g/mol. The molecular formula is C21H26N4O2. The van der Waals surface area contributed by atoms with Crippen LogP contribution in [0.3, 0.4) is 0 Å². The van der Waals surface area contributed by atoms with E-state index >= 15 is 0 Å². The maximum atomic E-state index is 12.6. The number of aromatic amines is 1. The number of piperidine rings is 1. The molecule has 6 heteroatoms. The van der Waals surface area contributed by atoms with E-state index in [1.165, 1.54) is 10.9 Å². The molecule has 1 aliphatic heterocycles.